The van der Waals surface area contributed by atoms with E-state index < -0.39 is 0 Å². The average Bonchev–Trinajstić information content (AvgIpc) is 2.20. The Kier molecular flexibility index (Phi) is 4.65. The molecule has 1 aliphatic heterocycles. The number of alkyl carbamates (subject to hydrolysis) is 1. The fourth-order valence-electron chi connectivity index (χ4n) is 2.11. The van der Waals surface area contributed by atoms with Crippen LogP contribution < -0.4 is 5.32 Å². The van der Waals surface area contributed by atoms with Crippen molar-refractivity contribution in [2.24, 2.45) is 5.92 Å². The summed E-state index contributed by atoms with van der Waals surface area (Å²) in [6.45, 7) is 10.6. The smallest absolute Gasteiger partial charge is 0.407 e. The van der Waals surface area contributed by atoms with Gasteiger partial charge in [0.2, 0.25) is 0 Å². The Labute approximate surface area is 110 Å². The van der Waals surface area contributed by atoms with Crippen LogP contribution in [0.2, 0.25) is 0 Å². The Morgan fingerprint density at radius 2 is 2.17 bits per heavy atom. The number of carbonyl (C=O) groups is 1. The number of nitrogens with one attached hydrogen (secondary N) is 1. The summed E-state index contributed by atoms with van der Waals surface area (Å²) in [5, 5.41) is 2.80. The highest BCUT2D eigenvalue weighted by Gasteiger charge is 2.23. The molecule has 0 fully saturated rings. The second kappa shape index (κ2) is 5.63. The molecular weight excluding hydrogens is 228 g/mol. The number of carbonyl (C=O) groups excluding carboxylic acids is 1. The van der Waals surface area contributed by atoms with E-state index in [1.807, 2.05) is 20.8 Å². The van der Waals surface area contributed by atoms with E-state index in [0.29, 0.717) is 18.6 Å². The Morgan fingerprint density at radius 1 is 1.56 bits per heavy atom. The molecular formula is C14H26N2O2. The third-order valence-electron chi connectivity index (χ3n) is 3.24. The zero-order chi connectivity index (χ0) is 13.9. The first kappa shape index (κ1) is 14.9. The summed E-state index contributed by atoms with van der Waals surface area (Å²) in [6.07, 6.45) is 2.88. The number of hydrogen-bond donors (Lipinski definition) is 1. The molecule has 0 bridgehead atoms. The molecule has 4 nitrogen and oxygen atoms in total. The van der Waals surface area contributed by atoms with Crippen molar-refractivity contribution in [1.82, 2.24) is 10.2 Å². The van der Waals surface area contributed by atoms with Gasteiger partial charge in [0.25, 0.3) is 0 Å². The Morgan fingerprint density at radius 3 is 2.67 bits per heavy atom. The summed E-state index contributed by atoms with van der Waals surface area (Å²) in [5.74, 6) is 0.321. The molecule has 0 aliphatic carbocycles. The maximum absolute atomic E-state index is 11.6. The zero-order valence-corrected chi connectivity index (χ0v) is 12.4. The molecule has 1 N–H and O–H groups in total. The molecule has 0 saturated carbocycles. The van der Waals surface area contributed by atoms with Crippen LogP contribution in [0, 0.1) is 5.92 Å². The van der Waals surface area contributed by atoms with Crippen molar-refractivity contribution in [3.63, 3.8) is 0 Å². The lowest BCUT2D eigenvalue weighted by Gasteiger charge is -2.35. The summed E-state index contributed by atoms with van der Waals surface area (Å²) in [5.41, 5.74) is 1.00. The van der Waals surface area contributed by atoms with Gasteiger partial charge in [-0.05, 0) is 41.0 Å². The Bertz CT molecular complexity index is 331. The van der Waals surface area contributed by atoms with Gasteiger partial charge in [-0.2, -0.15) is 0 Å². The van der Waals surface area contributed by atoms with Crippen LogP contribution in [0.5, 0.6) is 0 Å². The highest BCUT2D eigenvalue weighted by atomic mass is 16.5. The molecule has 104 valence electrons. The van der Waals surface area contributed by atoms with Crippen LogP contribution in [-0.4, -0.2) is 36.2 Å². The van der Waals surface area contributed by atoms with Gasteiger partial charge in [-0.25, -0.2) is 4.79 Å². The number of rotatable bonds is 2. The minimum Gasteiger partial charge on any atom is -0.449 e. The normalized spacial score (nSPS) is 24.6. The first-order valence-electron chi connectivity index (χ1n) is 6.55. The average molecular weight is 254 g/mol. The van der Waals surface area contributed by atoms with Gasteiger partial charge in [0.1, 0.15) is 0 Å². The van der Waals surface area contributed by atoms with Gasteiger partial charge in [0.15, 0.2) is 0 Å². The van der Waals surface area contributed by atoms with E-state index in [1.54, 1.807) is 0 Å². The topological polar surface area (TPSA) is 41.6 Å². The van der Waals surface area contributed by atoms with Crippen LogP contribution in [0.4, 0.5) is 4.79 Å². The quantitative estimate of drug-likeness (QED) is 0.824. The summed E-state index contributed by atoms with van der Waals surface area (Å²) >= 11 is 0. The lowest BCUT2D eigenvalue weighted by molar-refractivity contribution is 0.115. The van der Waals surface area contributed by atoms with E-state index in [4.69, 9.17) is 4.74 Å². The van der Waals surface area contributed by atoms with Crippen molar-refractivity contribution in [1.29, 1.82) is 0 Å². The first-order chi connectivity index (χ1) is 8.19. The van der Waals surface area contributed by atoms with Crippen LogP contribution in [0.15, 0.2) is 11.8 Å². The van der Waals surface area contributed by atoms with Crippen molar-refractivity contribution in [3.8, 4) is 0 Å². The number of amides is 1. The minimum absolute atomic E-state index is 0.247. The molecule has 2 atom stereocenters. The van der Waals surface area contributed by atoms with Crippen LogP contribution in [0.1, 0.15) is 41.0 Å². The van der Waals surface area contributed by atoms with Gasteiger partial charge in [-0.1, -0.05) is 6.08 Å². The minimum atomic E-state index is -0.333. The second-order valence-electron chi connectivity index (χ2n) is 6.24. The number of hydrogen-bond acceptors (Lipinski definition) is 3. The van der Waals surface area contributed by atoms with E-state index in [9.17, 15) is 4.79 Å². The molecule has 18 heavy (non-hydrogen) atoms. The molecule has 0 aromatic heterocycles. The number of nitrogens with zero attached hydrogens (tertiary/aromatic N) is 1. The summed E-state index contributed by atoms with van der Waals surface area (Å²) in [7, 11) is 2.10. The SMILES string of the molecule is CC1=CC(COC(=O)NC(C)(C)C)CC(C)N1C. The first-order valence-corrected chi connectivity index (χ1v) is 6.55. The monoisotopic (exact) mass is 254 g/mol. The predicted molar refractivity (Wildman–Crippen MR) is 73.3 cm³/mol. The van der Waals surface area contributed by atoms with E-state index >= 15 is 0 Å². The van der Waals surface area contributed by atoms with Gasteiger partial charge in [0.05, 0.1) is 6.61 Å². The lowest BCUT2D eigenvalue weighted by atomic mass is 9.95. The Hall–Kier alpha value is -1.19. The standard InChI is InChI=1S/C14H26N2O2/c1-10-7-12(8-11(2)16(10)6)9-18-13(17)15-14(3,4)5/h7,11-12H,8-9H2,1-6H3,(H,15,17). The Balaban J connectivity index is 2.43. The maximum Gasteiger partial charge on any atom is 0.407 e. The van der Waals surface area contributed by atoms with Gasteiger partial charge < -0.3 is 15.0 Å². The second-order valence-corrected chi connectivity index (χ2v) is 6.24. The molecule has 4 heteroatoms. The summed E-state index contributed by atoms with van der Waals surface area (Å²) < 4.78 is 5.28. The fourth-order valence-corrected chi connectivity index (χ4v) is 2.11. The molecule has 1 aliphatic rings. The number of ether oxygens (including phenoxy) is 1. The summed E-state index contributed by atoms with van der Waals surface area (Å²) in [4.78, 5) is 13.8. The van der Waals surface area contributed by atoms with E-state index in [2.05, 4.69) is 37.2 Å². The van der Waals surface area contributed by atoms with Crippen molar-refractivity contribution in [2.45, 2.75) is 52.6 Å². The van der Waals surface area contributed by atoms with Crippen LogP contribution in [0.3, 0.4) is 0 Å². The van der Waals surface area contributed by atoms with Crippen molar-refractivity contribution in [2.75, 3.05) is 13.7 Å². The van der Waals surface area contributed by atoms with Crippen molar-refractivity contribution >= 4 is 6.09 Å². The largest absolute Gasteiger partial charge is 0.449 e. The molecule has 1 rings (SSSR count). The molecule has 0 saturated heterocycles. The van der Waals surface area contributed by atoms with Crippen LogP contribution in [0.25, 0.3) is 0 Å². The predicted octanol–water partition coefficient (Wildman–Crippen LogP) is 2.76. The highest BCUT2D eigenvalue weighted by molar-refractivity contribution is 5.68. The van der Waals surface area contributed by atoms with Crippen molar-refractivity contribution < 1.29 is 9.53 Å². The maximum atomic E-state index is 11.6. The third kappa shape index (κ3) is 4.59. The zero-order valence-electron chi connectivity index (χ0n) is 12.4. The molecule has 1 heterocycles. The number of allylic oxidation sites excluding steroid dienone is 1. The van der Waals surface area contributed by atoms with Gasteiger partial charge in [-0.3, -0.25) is 0 Å². The van der Waals surface area contributed by atoms with Crippen LogP contribution in [-0.2, 0) is 4.74 Å². The molecule has 2 unspecified atom stereocenters. The third-order valence-corrected chi connectivity index (χ3v) is 3.24. The highest BCUT2D eigenvalue weighted by Crippen LogP contribution is 2.23. The van der Waals surface area contributed by atoms with Crippen LogP contribution >= 0.6 is 0 Å². The van der Waals surface area contributed by atoms with Gasteiger partial charge in [0, 0.05) is 30.2 Å². The van der Waals surface area contributed by atoms with Crippen molar-refractivity contribution in [3.05, 3.63) is 11.8 Å². The molecule has 0 aromatic carbocycles. The van der Waals surface area contributed by atoms with Gasteiger partial charge >= 0.3 is 6.09 Å². The van der Waals surface area contributed by atoms with E-state index in [-0.39, 0.29) is 11.6 Å². The molecule has 0 spiro atoms. The van der Waals surface area contributed by atoms with Gasteiger partial charge in [-0.15, -0.1) is 0 Å². The molecule has 0 radical (unpaired) electrons. The lowest BCUT2D eigenvalue weighted by Crippen LogP contribution is -2.42. The fraction of sp³-hybridized carbons (Fsp3) is 0.786. The molecule has 1 amide bonds. The van der Waals surface area contributed by atoms with E-state index in [0.717, 1.165) is 6.42 Å². The molecule has 0 aromatic rings. The summed E-state index contributed by atoms with van der Waals surface area (Å²) in [6, 6.07) is 0.495. The van der Waals surface area contributed by atoms with E-state index in [1.165, 1.54) is 5.70 Å².